The molecule has 0 saturated carbocycles. The second kappa shape index (κ2) is 6.12. The minimum Gasteiger partial charge on any atom is -0.393 e. The van der Waals surface area contributed by atoms with Crippen molar-refractivity contribution in [2.45, 2.75) is 32.4 Å². The summed E-state index contributed by atoms with van der Waals surface area (Å²) in [5.41, 5.74) is -0.00295. The first-order chi connectivity index (χ1) is 7.91. The number of amides is 1. The second-order valence-electron chi connectivity index (χ2n) is 4.06. The lowest BCUT2D eigenvalue weighted by Crippen LogP contribution is -2.35. The lowest BCUT2D eigenvalue weighted by atomic mass is 10.1. The topological polar surface area (TPSA) is 49.3 Å². The molecule has 0 aromatic heterocycles. The Morgan fingerprint density at radius 1 is 1.53 bits per heavy atom. The Bertz CT molecular complexity index is 409. The third-order valence-corrected chi connectivity index (χ3v) is 2.88. The highest BCUT2D eigenvalue weighted by atomic mass is 79.9. The molecule has 2 unspecified atom stereocenters. The molecule has 5 heteroatoms. The highest BCUT2D eigenvalue weighted by Gasteiger charge is 2.16. The van der Waals surface area contributed by atoms with Crippen LogP contribution in [0.4, 0.5) is 4.39 Å². The lowest BCUT2D eigenvalue weighted by molar-refractivity contribution is 0.0919. The Hall–Kier alpha value is -0.940. The van der Waals surface area contributed by atoms with Crippen LogP contribution in [0.2, 0.25) is 0 Å². The van der Waals surface area contributed by atoms with Crippen molar-refractivity contribution in [2.24, 2.45) is 0 Å². The van der Waals surface area contributed by atoms with Gasteiger partial charge in [0.25, 0.3) is 5.91 Å². The Labute approximate surface area is 108 Å². The molecule has 0 heterocycles. The Kier molecular flexibility index (Phi) is 5.08. The zero-order valence-corrected chi connectivity index (χ0v) is 11.3. The molecule has 1 aromatic carbocycles. The maximum absolute atomic E-state index is 13.6. The highest BCUT2D eigenvalue weighted by Crippen LogP contribution is 2.18. The summed E-state index contributed by atoms with van der Waals surface area (Å²) < 4.78 is 13.9. The van der Waals surface area contributed by atoms with Crippen molar-refractivity contribution in [1.29, 1.82) is 0 Å². The minimum atomic E-state index is -0.575. The van der Waals surface area contributed by atoms with Crippen molar-refractivity contribution in [2.75, 3.05) is 0 Å². The van der Waals surface area contributed by atoms with Crippen molar-refractivity contribution in [1.82, 2.24) is 5.32 Å². The number of benzene rings is 1. The molecule has 1 rings (SSSR count). The fourth-order valence-electron chi connectivity index (χ4n) is 1.55. The Morgan fingerprint density at radius 3 is 2.76 bits per heavy atom. The van der Waals surface area contributed by atoms with Gasteiger partial charge in [0.2, 0.25) is 0 Å². The van der Waals surface area contributed by atoms with Crippen molar-refractivity contribution in [3.8, 4) is 0 Å². The van der Waals surface area contributed by atoms with Crippen molar-refractivity contribution < 1.29 is 14.3 Å². The van der Waals surface area contributed by atoms with Crippen molar-refractivity contribution in [3.63, 3.8) is 0 Å². The number of halogens is 2. The van der Waals surface area contributed by atoms with Crippen LogP contribution in [0.15, 0.2) is 22.7 Å². The van der Waals surface area contributed by atoms with Gasteiger partial charge in [0.15, 0.2) is 0 Å². The average Bonchev–Trinajstić information content (AvgIpc) is 2.20. The van der Waals surface area contributed by atoms with E-state index in [9.17, 15) is 14.3 Å². The number of hydrogen-bond acceptors (Lipinski definition) is 2. The molecule has 0 aliphatic heterocycles. The molecule has 2 N–H and O–H groups in total. The van der Waals surface area contributed by atoms with E-state index in [4.69, 9.17) is 0 Å². The minimum absolute atomic E-state index is 0.00295. The van der Waals surface area contributed by atoms with Crippen LogP contribution >= 0.6 is 15.9 Å². The monoisotopic (exact) mass is 303 g/mol. The number of aliphatic hydroxyl groups excluding tert-OH is 1. The van der Waals surface area contributed by atoms with Crippen LogP contribution < -0.4 is 5.32 Å². The molecule has 3 nitrogen and oxygen atoms in total. The largest absolute Gasteiger partial charge is 0.393 e. The molecule has 2 atom stereocenters. The molecule has 0 aliphatic rings. The van der Waals surface area contributed by atoms with Crippen molar-refractivity contribution in [3.05, 3.63) is 34.1 Å². The normalized spacial score (nSPS) is 14.2. The van der Waals surface area contributed by atoms with Crippen molar-refractivity contribution >= 4 is 21.8 Å². The maximum atomic E-state index is 13.6. The van der Waals surface area contributed by atoms with Gasteiger partial charge in [0, 0.05) is 6.04 Å². The van der Waals surface area contributed by atoms with Gasteiger partial charge in [-0.05, 0) is 48.3 Å². The van der Waals surface area contributed by atoms with Gasteiger partial charge in [-0.25, -0.2) is 4.39 Å². The molecular formula is C12H15BrFNO2. The number of nitrogens with one attached hydrogen (secondary N) is 1. The SMILES string of the molecule is CC(O)CC(C)NC(=O)c1cccc(Br)c1F. The summed E-state index contributed by atoms with van der Waals surface area (Å²) in [6.45, 7) is 3.41. The van der Waals surface area contributed by atoms with Crippen LogP contribution in [-0.4, -0.2) is 23.2 Å². The quantitative estimate of drug-likeness (QED) is 0.898. The third-order valence-electron chi connectivity index (χ3n) is 2.27. The van der Waals surface area contributed by atoms with Crippen LogP contribution in [0.5, 0.6) is 0 Å². The fraction of sp³-hybridized carbons (Fsp3) is 0.417. The van der Waals surface area contributed by atoms with E-state index >= 15 is 0 Å². The fourth-order valence-corrected chi connectivity index (χ4v) is 1.92. The van der Waals surface area contributed by atoms with Gasteiger partial charge in [-0.15, -0.1) is 0 Å². The number of carbonyl (C=O) groups excluding carboxylic acids is 1. The maximum Gasteiger partial charge on any atom is 0.254 e. The number of aliphatic hydroxyl groups is 1. The van der Waals surface area contributed by atoms with Gasteiger partial charge in [0.1, 0.15) is 5.82 Å². The Balaban J connectivity index is 2.73. The Morgan fingerprint density at radius 2 is 2.18 bits per heavy atom. The molecule has 0 fully saturated rings. The summed E-state index contributed by atoms with van der Waals surface area (Å²) in [4.78, 5) is 11.8. The first-order valence-corrected chi connectivity index (χ1v) is 6.14. The summed E-state index contributed by atoms with van der Waals surface area (Å²) in [6.07, 6.45) is -0.0703. The summed E-state index contributed by atoms with van der Waals surface area (Å²) in [5.74, 6) is -1.05. The average molecular weight is 304 g/mol. The van der Waals surface area contributed by atoms with Gasteiger partial charge in [0.05, 0.1) is 16.1 Å². The van der Waals surface area contributed by atoms with Gasteiger partial charge in [-0.3, -0.25) is 4.79 Å². The number of rotatable bonds is 4. The molecule has 0 aliphatic carbocycles. The van der Waals surface area contributed by atoms with E-state index in [1.807, 2.05) is 0 Å². The molecule has 0 saturated heterocycles. The van der Waals surface area contributed by atoms with Gasteiger partial charge >= 0.3 is 0 Å². The number of carbonyl (C=O) groups is 1. The third kappa shape index (κ3) is 4.09. The van der Waals surface area contributed by atoms with Crippen LogP contribution in [0, 0.1) is 5.82 Å². The summed E-state index contributed by atoms with van der Waals surface area (Å²) in [5, 5.41) is 11.8. The molecular weight excluding hydrogens is 289 g/mol. The van der Waals surface area contributed by atoms with Crippen LogP contribution in [-0.2, 0) is 0 Å². The molecule has 17 heavy (non-hydrogen) atoms. The molecule has 1 aromatic rings. The molecule has 0 radical (unpaired) electrons. The predicted molar refractivity (Wildman–Crippen MR) is 67.3 cm³/mol. The standard InChI is InChI=1S/C12H15BrFNO2/c1-7(6-8(2)16)15-12(17)9-4-3-5-10(13)11(9)14/h3-5,7-8,16H,6H2,1-2H3,(H,15,17). The lowest BCUT2D eigenvalue weighted by Gasteiger charge is -2.15. The van der Waals surface area contributed by atoms with E-state index in [0.717, 1.165) is 0 Å². The van der Waals surface area contributed by atoms with Gasteiger partial charge in [-0.1, -0.05) is 6.07 Å². The first-order valence-electron chi connectivity index (χ1n) is 5.34. The molecule has 0 bridgehead atoms. The van der Waals surface area contributed by atoms with E-state index in [-0.39, 0.29) is 16.1 Å². The zero-order valence-electron chi connectivity index (χ0n) is 9.71. The predicted octanol–water partition coefficient (Wildman–Crippen LogP) is 2.48. The zero-order chi connectivity index (χ0) is 13.0. The first kappa shape index (κ1) is 14.1. The highest BCUT2D eigenvalue weighted by molar-refractivity contribution is 9.10. The van der Waals surface area contributed by atoms with Crippen LogP contribution in [0.1, 0.15) is 30.6 Å². The van der Waals surface area contributed by atoms with E-state index in [2.05, 4.69) is 21.2 Å². The van der Waals surface area contributed by atoms with Gasteiger partial charge in [-0.2, -0.15) is 0 Å². The second-order valence-corrected chi connectivity index (χ2v) is 4.91. The van der Waals surface area contributed by atoms with Crippen LogP contribution in [0.25, 0.3) is 0 Å². The summed E-state index contributed by atoms with van der Waals surface area (Å²) in [6, 6.07) is 4.35. The van der Waals surface area contributed by atoms with E-state index in [1.54, 1.807) is 19.9 Å². The smallest absolute Gasteiger partial charge is 0.254 e. The molecule has 0 spiro atoms. The van der Waals surface area contributed by atoms with E-state index in [1.165, 1.54) is 12.1 Å². The summed E-state index contributed by atoms with van der Waals surface area (Å²) in [7, 11) is 0. The molecule has 94 valence electrons. The molecule has 1 amide bonds. The van der Waals surface area contributed by atoms with E-state index in [0.29, 0.717) is 6.42 Å². The van der Waals surface area contributed by atoms with Crippen LogP contribution in [0.3, 0.4) is 0 Å². The summed E-state index contributed by atoms with van der Waals surface area (Å²) >= 11 is 3.03. The van der Waals surface area contributed by atoms with E-state index < -0.39 is 17.8 Å². The number of hydrogen-bond donors (Lipinski definition) is 2. The van der Waals surface area contributed by atoms with Gasteiger partial charge < -0.3 is 10.4 Å².